The summed E-state index contributed by atoms with van der Waals surface area (Å²) in [6, 6.07) is 163. The van der Waals surface area contributed by atoms with Gasteiger partial charge in [-0.05, 0) is 141 Å². The molecule has 0 saturated carbocycles. The normalized spacial score (nSPS) is 11.3. The molecule has 27 rings (SSSR count). The Kier molecular flexibility index (Phi) is 23.4. The van der Waals surface area contributed by atoms with Crippen molar-refractivity contribution < 1.29 is 0 Å². The van der Waals surface area contributed by atoms with Crippen LogP contribution in [0.2, 0.25) is 0 Å². The van der Waals surface area contributed by atoms with E-state index < -0.39 is 0 Å². The molecule has 0 spiro atoms. The monoisotopic (exact) mass is 1860 g/mol. The Morgan fingerprint density at radius 3 is 0.849 bits per heavy atom. The largest absolute Gasteiger partial charge is 0.264 e. The van der Waals surface area contributed by atoms with Crippen LogP contribution in [0.3, 0.4) is 0 Å². The Labute approximate surface area is 841 Å². The molecule has 0 radical (unpaired) electrons. The summed E-state index contributed by atoms with van der Waals surface area (Å²) in [5.41, 5.74) is 33.1. The summed E-state index contributed by atoms with van der Waals surface area (Å²) < 4.78 is 0. The van der Waals surface area contributed by atoms with E-state index >= 15 is 0 Å². The molecular weight excluding hydrogens is 1780 g/mol. The third-order valence-electron chi connectivity index (χ3n) is 26.8. The fourth-order valence-electron chi connectivity index (χ4n) is 19.9. The van der Waals surface area contributed by atoms with Crippen molar-refractivity contribution >= 4 is 86.8 Å². The minimum absolute atomic E-state index is 0.623. The number of hydrogen-bond donors (Lipinski definition) is 0. The van der Waals surface area contributed by atoms with Crippen LogP contribution in [-0.2, 0) is 0 Å². The Morgan fingerprint density at radius 1 is 0.137 bits per heavy atom. The molecule has 0 bridgehead atoms. The minimum atomic E-state index is 0.623. The van der Waals surface area contributed by atoms with Crippen molar-refractivity contribution in [3.8, 4) is 180 Å². The van der Waals surface area contributed by atoms with Gasteiger partial charge in [-0.25, -0.2) is 44.9 Å². The topological polar surface area (TPSA) is 180 Å². The van der Waals surface area contributed by atoms with E-state index in [4.69, 9.17) is 54.8 Å². The predicted octanol–water partition coefficient (Wildman–Crippen LogP) is 32.5. The maximum Gasteiger partial charge on any atom is 0.164 e. The van der Waals surface area contributed by atoms with Gasteiger partial charge in [0.2, 0.25) is 0 Å². The first kappa shape index (κ1) is 87.5. The van der Waals surface area contributed by atoms with Crippen molar-refractivity contribution in [2.24, 2.45) is 0 Å². The number of para-hydroxylation sites is 3. The molecule has 682 valence electrons. The molecule has 14 heteroatoms. The average molecular weight is 1870 g/mol. The van der Waals surface area contributed by atoms with Crippen LogP contribution < -0.4 is 0 Å². The van der Waals surface area contributed by atoms with Crippen LogP contribution in [0.25, 0.3) is 267 Å². The molecule has 0 N–H and O–H groups in total. The van der Waals surface area contributed by atoms with Crippen LogP contribution in [0.4, 0.5) is 0 Å². The minimum Gasteiger partial charge on any atom is -0.264 e. The number of benzene rings is 15. The van der Waals surface area contributed by atoms with Crippen molar-refractivity contribution in [1.82, 2.24) is 69.8 Å². The Balaban J connectivity index is 0.000000114. The van der Waals surface area contributed by atoms with Gasteiger partial charge >= 0.3 is 0 Å². The Hall–Kier alpha value is -20.0. The lowest BCUT2D eigenvalue weighted by Gasteiger charge is -2.16. The lowest BCUT2D eigenvalue weighted by atomic mass is 9.91. The van der Waals surface area contributed by atoms with Crippen LogP contribution in [0.5, 0.6) is 0 Å². The van der Waals surface area contributed by atoms with Gasteiger partial charge in [0, 0.05) is 141 Å². The highest BCUT2D eigenvalue weighted by Gasteiger charge is 2.25. The molecule has 146 heavy (non-hydrogen) atoms. The van der Waals surface area contributed by atoms with E-state index in [-0.39, 0.29) is 0 Å². The van der Waals surface area contributed by atoms with Gasteiger partial charge in [0.15, 0.2) is 17.5 Å². The molecular formula is C132H84N14. The highest BCUT2D eigenvalue weighted by atomic mass is 15.0. The lowest BCUT2D eigenvalue weighted by molar-refractivity contribution is 1.07. The summed E-state index contributed by atoms with van der Waals surface area (Å²) in [5, 5.41) is 12.1. The second kappa shape index (κ2) is 39.0. The van der Waals surface area contributed by atoms with E-state index in [0.29, 0.717) is 17.5 Å². The van der Waals surface area contributed by atoms with Gasteiger partial charge in [-0.3, -0.25) is 24.9 Å². The zero-order valence-corrected chi connectivity index (χ0v) is 78.8. The first-order valence-corrected chi connectivity index (χ1v) is 48.6. The Bertz CT molecular complexity index is 9050. The van der Waals surface area contributed by atoms with E-state index in [9.17, 15) is 0 Å². The number of nitrogens with zero attached hydrogens (tertiary/aromatic N) is 14. The fraction of sp³-hybridized carbons (Fsp3) is 0. The van der Waals surface area contributed by atoms with Gasteiger partial charge in [0.05, 0.1) is 90.2 Å². The van der Waals surface area contributed by atoms with E-state index in [1.54, 1.807) is 18.6 Å². The number of hydrogen-bond acceptors (Lipinski definition) is 14. The standard InChI is InChI=1S/2C45H29N5.C42H26N4/c1-4-13-30(14-5-1)36-20-10-22-38-40(36)39-23-11-21-37(42(39)47-41(38)35-19-12-28-46-29-35)31-24-26-34(27-25-31)45-49-43(32-15-6-2-7-16-32)48-44(50-45)33-17-8-3-9-18-33;1-2-12-31(13-3-1)34-14-10-17-37-43(34)36-16-11-15-35(44(36)50-45(37)40-20-6-9-27-48-40)32-23-21-30(22-24-32)33-28-41(38-18-4-7-25-46-38)49-42(29-33)39-19-5-8-26-47-39;1-3-11-27(12-4-1)31-15-9-18-34-38(31)33-17-10-16-32(41(33)46-42(34)37-19-7-8-26-43-37)36-25-23-30-21-20-29-22-24-35(28-13-5-2-6-14-28)44-39(29)40(30)45-36/h2*1-29H;1-26H. The summed E-state index contributed by atoms with van der Waals surface area (Å²) in [5.74, 6) is 1.90. The molecule has 0 aliphatic carbocycles. The summed E-state index contributed by atoms with van der Waals surface area (Å²) >= 11 is 0. The molecule has 0 fully saturated rings. The third kappa shape index (κ3) is 17.1. The zero-order valence-electron chi connectivity index (χ0n) is 78.8. The highest BCUT2D eigenvalue weighted by molar-refractivity contribution is 6.22. The maximum absolute atomic E-state index is 5.38. The van der Waals surface area contributed by atoms with Gasteiger partial charge in [-0.1, -0.05) is 388 Å². The average Bonchev–Trinajstić information content (AvgIpc) is 1.59. The lowest BCUT2D eigenvalue weighted by Crippen LogP contribution is -2.00. The van der Waals surface area contributed by atoms with Crippen LogP contribution in [-0.4, -0.2) is 69.8 Å². The van der Waals surface area contributed by atoms with E-state index in [0.717, 1.165) is 217 Å². The van der Waals surface area contributed by atoms with Crippen molar-refractivity contribution in [2.75, 3.05) is 0 Å². The van der Waals surface area contributed by atoms with Gasteiger partial charge < -0.3 is 0 Å². The van der Waals surface area contributed by atoms with Crippen molar-refractivity contribution in [3.05, 3.63) is 510 Å². The zero-order chi connectivity index (χ0) is 97.0. The summed E-state index contributed by atoms with van der Waals surface area (Å²) in [7, 11) is 0. The van der Waals surface area contributed by atoms with Crippen LogP contribution >= 0.6 is 0 Å². The molecule has 0 aliphatic heterocycles. The van der Waals surface area contributed by atoms with Crippen molar-refractivity contribution in [1.29, 1.82) is 0 Å². The summed E-state index contributed by atoms with van der Waals surface area (Å²) in [6.07, 6.45) is 10.9. The molecule has 27 aromatic rings. The smallest absolute Gasteiger partial charge is 0.164 e. The van der Waals surface area contributed by atoms with E-state index in [2.05, 4.69) is 330 Å². The number of fused-ring (bicyclic) bond motifs is 12. The Morgan fingerprint density at radius 2 is 0.445 bits per heavy atom. The number of pyridine rings is 11. The van der Waals surface area contributed by atoms with Gasteiger partial charge in [-0.2, -0.15) is 0 Å². The molecule has 15 aromatic carbocycles. The van der Waals surface area contributed by atoms with Crippen molar-refractivity contribution in [2.45, 2.75) is 0 Å². The van der Waals surface area contributed by atoms with E-state index in [1.165, 1.54) is 33.0 Å². The first-order valence-electron chi connectivity index (χ1n) is 48.6. The summed E-state index contributed by atoms with van der Waals surface area (Å²) in [4.78, 5) is 69.3. The van der Waals surface area contributed by atoms with E-state index in [1.807, 2.05) is 176 Å². The first-order chi connectivity index (χ1) is 72.4. The molecule has 0 unspecified atom stereocenters. The van der Waals surface area contributed by atoms with Gasteiger partial charge in [0.1, 0.15) is 0 Å². The molecule has 0 amide bonds. The summed E-state index contributed by atoms with van der Waals surface area (Å²) in [6.45, 7) is 0. The number of rotatable bonds is 16. The molecule has 0 atom stereocenters. The maximum atomic E-state index is 5.38. The molecule has 0 aliphatic rings. The second-order valence-electron chi connectivity index (χ2n) is 35.7. The number of aromatic nitrogens is 14. The molecule has 0 saturated heterocycles. The van der Waals surface area contributed by atoms with Crippen LogP contribution in [0.1, 0.15) is 0 Å². The third-order valence-corrected chi connectivity index (χ3v) is 26.8. The molecule has 12 aromatic heterocycles. The quantitative estimate of drug-likeness (QED) is 0.0834. The predicted molar refractivity (Wildman–Crippen MR) is 595 cm³/mol. The molecule has 14 nitrogen and oxygen atoms in total. The van der Waals surface area contributed by atoms with Gasteiger partial charge in [-0.15, -0.1) is 0 Å². The SMILES string of the molecule is c1ccc(-c2ccc3ccc4ccc(-c5cccc6c5nc(-c5ccccn5)c5cccc(-c7ccccc7)c56)nc4c3n2)cc1.c1ccc(-c2cccc3c(-c4ccccn4)nc4c(-c5ccc(-c6cc(-c7ccccn7)nc(-c7ccccn7)c6)cc5)cccc4c23)cc1.c1ccc(-c2nc(-c3ccccc3)nc(-c3ccc(-c4cccc5c4nc(-c4cccnc4)c4cccc(-c6ccccc6)c45)cc3)n2)cc1. The van der Waals surface area contributed by atoms with Gasteiger partial charge in [0.25, 0.3) is 0 Å². The van der Waals surface area contributed by atoms with Crippen molar-refractivity contribution in [3.63, 3.8) is 0 Å². The fourth-order valence-corrected chi connectivity index (χ4v) is 19.9. The second-order valence-corrected chi connectivity index (χ2v) is 35.7. The van der Waals surface area contributed by atoms with Crippen LogP contribution in [0.15, 0.2) is 510 Å². The highest BCUT2D eigenvalue weighted by Crippen LogP contribution is 2.47. The molecule has 12 heterocycles. The van der Waals surface area contributed by atoms with Crippen LogP contribution in [0, 0.1) is 0 Å².